The molecule has 3 rings (SSSR count). The molecular formula is C16H24ClN5O4S. The molecule has 1 atom stereocenters. The molecule has 0 aromatic heterocycles. The van der Waals surface area contributed by atoms with Gasteiger partial charge in [0.2, 0.25) is 5.91 Å². The van der Waals surface area contributed by atoms with E-state index in [0.717, 1.165) is 12.8 Å². The van der Waals surface area contributed by atoms with Crippen LogP contribution in [0.1, 0.15) is 12.8 Å². The lowest BCUT2D eigenvalue weighted by Gasteiger charge is -2.33. The molecule has 150 valence electrons. The van der Waals surface area contributed by atoms with Gasteiger partial charge in [0.1, 0.15) is 5.84 Å². The van der Waals surface area contributed by atoms with Crippen LogP contribution in [0.25, 0.3) is 0 Å². The number of fused-ring (bicyclic) bond motifs is 1. The first-order valence-electron chi connectivity index (χ1n) is 8.66. The van der Waals surface area contributed by atoms with Crippen LogP contribution in [0.2, 0.25) is 0 Å². The molecule has 1 saturated heterocycles. The van der Waals surface area contributed by atoms with E-state index in [0.29, 0.717) is 37.6 Å². The van der Waals surface area contributed by atoms with Gasteiger partial charge in [-0.15, -0.1) is 16.8 Å². The van der Waals surface area contributed by atoms with Gasteiger partial charge < -0.3 is 20.9 Å². The van der Waals surface area contributed by atoms with E-state index in [4.69, 9.17) is 5.73 Å². The van der Waals surface area contributed by atoms with Crippen molar-refractivity contribution in [1.82, 2.24) is 15.1 Å². The minimum absolute atomic E-state index is 0. The highest BCUT2D eigenvalue weighted by atomic mass is 35.5. The number of amides is 2. The Labute approximate surface area is 164 Å². The Hall–Kier alpha value is -1.91. The molecule has 27 heavy (non-hydrogen) atoms. The largest absolute Gasteiger partial charge is 0.355 e. The van der Waals surface area contributed by atoms with Crippen molar-refractivity contribution in [3.8, 4) is 0 Å². The Morgan fingerprint density at radius 3 is 2.81 bits per heavy atom. The molecule has 0 bridgehead atoms. The smallest absolute Gasteiger partial charge is 0.256 e. The minimum Gasteiger partial charge on any atom is -0.355 e. The van der Waals surface area contributed by atoms with Gasteiger partial charge in [-0.05, 0) is 25.0 Å². The standard InChI is InChI=1S/C16H23N5O4S.ClH/c17-5-6-18-15(22)12-2-1-7-21(10-12)16(23)13-3-4-14-19-26(24,25)9-8-20(14)11-13;/h3-4,11-12H,1-2,5-10,17H2,(H,18,22);1H. The van der Waals surface area contributed by atoms with Crippen molar-refractivity contribution in [1.29, 1.82) is 0 Å². The first-order valence-corrected chi connectivity index (χ1v) is 10.3. The lowest BCUT2D eigenvalue weighted by Crippen LogP contribution is -2.47. The van der Waals surface area contributed by atoms with Gasteiger partial charge in [-0.2, -0.15) is 0 Å². The Balaban J connectivity index is 0.00000261. The van der Waals surface area contributed by atoms with E-state index in [-0.39, 0.29) is 42.4 Å². The Bertz CT molecular complexity index is 793. The van der Waals surface area contributed by atoms with E-state index >= 15 is 0 Å². The molecule has 3 N–H and O–H groups in total. The van der Waals surface area contributed by atoms with Gasteiger partial charge in [0.05, 0.1) is 17.2 Å². The van der Waals surface area contributed by atoms with Crippen LogP contribution in [0, 0.1) is 5.92 Å². The zero-order chi connectivity index (χ0) is 18.7. The van der Waals surface area contributed by atoms with Crippen LogP contribution in [0.4, 0.5) is 0 Å². The minimum atomic E-state index is -3.42. The topological polar surface area (TPSA) is 125 Å². The molecule has 3 aliphatic heterocycles. The summed E-state index contributed by atoms with van der Waals surface area (Å²) in [6.45, 7) is 2.05. The summed E-state index contributed by atoms with van der Waals surface area (Å²) in [7, 11) is -3.42. The Morgan fingerprint density at radius 2 is 2.07 bits per heavy atom. The molecule has 11 heteroatoms. The third-order valence-electron chi connectivity index (χ3n) is 4.59. The highest BCUT2D eigenvalue weighted by Crippen LogP contribution is 2.21. The van der Waals surface area contributed by atoms with Crippen molar-refractivity contribution in [2.24, 2.45) is 16.0 Å². The fraction of sp³-hybridized carbons (Fsp3) is 0.562. The molecule has 0 radical (unpaired) electrons. The van der Waals surface area contributed by atoms with Crippen LogP contribution in [-0.4, -0.2) is 74.3 Å². The van der Waals surface area contributed by atoms with Crippen molar-refractivity contribution in [2.45, 2.75) is 12.8 Å². The fourth-order valence-corrected chi connectivity index (χ4v) is 4.19. The van der Waals surface area contributed by atoms with Gasteiger partial charge in [0.15, 0.2) is 0 Å². The van der Waals surface area contributed by atoms with E-state index in [9.17, 15) is 18.0 Å². The van der Waals surface area contributed by atoms with Crippen LogP contribution >= 0.6 is 12.4 Å². The summed E-state index contributed by atoms with van der Waals surface area (Å²) >= 11 is 0. The summed E-state index contributed by atoms with van der Waals surface area (Å²) in [5.74, 6) is -0.216. The molecule has 0 aromatic rings. The molecule has 3 aliphatic rings. The fourth-order valence-electron chi connectivity index (χ4n) is 3.23. The zero-order valence-electron chi connectivity index (χ0n) is 14.8. The average Bonchev–Trinajstić information content (AvgIpc) is 2.64. The summed E-state index contributed by atoms with van der Waals surface area (Å²) in [4.78, 5) is 28.3. The van der Waals surface area contributed by atoms with Crippen LogP contribution in [0.3, 0.4) is 0 Å². The van der Waals surface area contributed by atoms with Gasteiger partial charge in [-0.25, -0.2) is 8.42 Å². The highest BCUT2D eigenvalue weighted by Gasteiger charge is 2.31. The number of piperidine rings is 1. The number of amidine groups is 1. The number of carbonyl (C=O) groups excluding carboxylic acids is 2. The maximum atomic E-state index is 12.8. The van der Waals surface area contributed by atoms with E-state index in [1.54, 1.807) is 28.2 Å². The molecule has 1 unspecified atom stereocenters. The predicted octanol–water partition coefficient (Wildman–Crippen LogP) is -0.781. The Kier molecular flexibility index (Phi) is 7.01. The monoisotopic (exact) mass is 417 g/mol. The number of likely N-dealkylation sites (tertiary alicyclic amines) is 1. The van der Waals surface area contributed by atoms with E-state index in [1.807, 2.05) is 0 Å². The number of nitrogens with one attached hydrogen (secondary N) is 1. The number of carbonyl (C=O) groups is 2. The van der Waals surface area contributed by atoms with Gasteiger partial charge in [-0.1, -0.05) is 0 Å². The quantitative estimate of drug-likeness (QED) is 0.618. The van der Waals surface area contributed by atoms with Crippen molar-refractivity contribution < 1.29 is 18.0 Å². The second-order valence-electron chi connectivity index (χ2n) is 6.52. The first-order chi connectivity index (χ1) is 12.4. The third kappa shape index (κ3) is 5.08. The number of hydrogen-bond donors (Lipinski definition) is 2. The molecule has 0 aromatic carbocycles. The maximum Gasteiger partial charge on any atom is 0.256 e. The van der Waals surface area contributed by atoms with Crippen LogP contribution < -0.4 is 11.1 Å². The normalized spacial score (nSPS) is 23.5. The van der Waals surface area contributed by atoms with Crippen LogP contribution in [0.15, 0.2) is 28.3 Å². The zero-order valence-corrected chi connectivity index (χ0v) is 16.5. The predicted molar refractivity (Wildman–Crippen MR) is 104 cm³/mol. The van der Waals surface area contributed by atoms with E-state index < -0.39 is 10.0 Å². The van der Waals surface area contributed by atoms with Crippen molar-refractivity contribution in [3.63, 3.8) is 0 Å². The number of sulfonamides is 1. The van der Waals surface area contributed by atoms with Crippen molar-refractivity contribution in [2.75, 3.05) is 38.5 Å². The van der Waals surface area contributed by atoms with Gasteiger partial charge in [0, 0.05) is 38.9 Å². The molecule has 0 aliphatic carbocycles. The van der Waals surface area contributed by atoms with Crippen molar-refractivity contribution >= 4 is 40.1 Å². The summed E-state index contributed by atoms with van der Waals surface area (Å²) in [5, 5.41) is 2.77. The second kappa shape index (κ2) is 8.85. The number of nitrogens with two attached hydrogens (primary N) is 1. The second-order valence-corrected chi connectivity index (χ2v) is 8.27. The molecule has 2 amide bonds. The molecule has 0 saturated carbocycles. The average molecular weight is 418 g/mol. The van der Waals surface area contributed by atoms with Crippen LogP contribution in [-0.2, 0) is 19.6 Å². The first kappa shape index (κ1) is 21.4. The number of rotatable bonds is 4. The number of nitrogens with zero attached hydrogens (tertiary/aromatic N) is 3. The summed E-state index contributed by atoms with van der Waals surface area (Å²) in [6, 6.07) is 0. The lowest BCUT2D eigenvalue weighted by molar-refractivity contribution is -0.132. The lowest BCUT2D eigenvalue weighted by atomic mass is 9.96. The van der Waals surface area contributed by atoms with Crippen LogP contribution in [0.5, 0.6) is 0 Å². The van der Waals surface area contributed by atoms with Gasteiger partial charge in [-0.3, -0.25) is 9.59 Å². The highest BCUT2D eigenvalue weighted by molar-refractivity contribution is 7.90. The summed E-state index contributed by atoms with van der Waals surface area (Å²) < 4.78 is 26.8. The van der Waals surface area contributed by atoms with Crippen molar-refractivity contribution in [3.05, 3.63) is 23.9 Å². The number of halogens is 1. The molecule has 1 fully saturated rings. The summed E-state index contributed by atoms with van der Waals surface area (Å²) in [5.41, 5.74) is 5.87. The van der Waals surface area contributed by atoms with Gasteiger partial charge >= 0.3 is 0 Å². The van der Waals surface area contributed by atoms with E-state index in [2.05, 4.69) is 9.71 Å². The molecular weight excluding hydrogens is 394 g/mol. The third-order valence-corrected chi connectivity index (χ3v) is 5.76. The van der Waals surface area contributed by atoms with Gasteiger partial charge in [0.25, 0.3) is 15.9 Å². The number of hydrogen-bond acceptors (Lipinski definition) is 6. The molecule has 9 nitrogen and oxygen atoms in total. The van der Waals surface area contributed by atoms with E-state index in [1.165, 1.54) is 0 Å². The Morgan fingerprint density at radius 1 is 1.30 bits per heavy atom. The summed E-state index contributed by atoms with van der Waals surface area (Å²) in [6.07, 6.45) is 6.26. The molecule has 0 spiro atoms. The maximum absolute atomic E-state index is 12.8. The molecule has 3 heterocycles. The SMILES string of the molecule is Cl.NCCNC(=O)C1CCCN(C(=O)C2=CN3CCS(=O)(=O)N=C3C=C2)C1.